The number of rotatable bonds is 6. The molecule has 0 aliphatic carbocycles. The first kappa shape index (κ1) is 15.1. The van der Waals surface area contributed by atoms with Gasteiger partial charge < -0.3 is 5.32 Å². The van der Waals surface area contributed by atoms with Gasteiger partial charge in [-0.25, -0.2) is 13.1 Å². The fraction of sp³-hybridized carbons (Fsp3) is 0.538. The molecule has 18 heavy (non-hydrogen) atoms. The van der Waals surface area contributed by atoms with E-state index in [9.17, 15) is 8.42 Å². The molecule has 102 valence electrons. The van der Waals surface area contributed by atoms with E-state index in [4.69, 9.17) is 0 Å². The van der Waals surface area contributed by atoms with E-state index >= 15 is 0 Å². The van der Waals surface area contributed by atoms with Gasteiger partial charge in [-0.05, 0) is 37.1 Å². The summed E-state index contributed by atoms with van der Waals surface area (Å²) in [5.74, 6) is 0. The maximum Gasteiger partial charge on any atom is 0.240 e. The molecule has 0 heterocycles. The highest BCUT2D eigenvalue weighted by Crippen LogP contribution is 2.13. The molecule has 0 amide bonds. The van der Waals surface area contributed by atoms with Gasteiger partial charge in [0.05, 0.1) is 4.90 Å². The summed E-state index contributed by atoms with van der Waals surface area (Å²) in [6.45, 7) is 8.87. The van der Waals surface area contributed by atoms with Crippen LogP contribution in [0.4, 0.5) is 0 Å². The minimum absolute atomic E-state index is 0.338. The summed E-state index contributed by atoms with van der Waals surface area (Å²) in [7, 11) is -3.39. The van der Waals surface area contributed by atoms with Crippen molar-refractivity contribution in [2.75, 3.05) is 13.1 Å². The maximum atomic E-state index is 12.0. The Kier molecular flexibility index (Phi) is 5.31. The average molecular weight is 270 g/mol. The Morgan fingerprint density at radius 3 is 2.11 bits per heavy atom. The molecular formula is C13H22N2O2S. The van der Waals surface area contributed by atoms with Crippen LogP contribution < -0.4 is 10.0 Å². The van der Waals surface area contributed by atoms with Gasteiger partial charge in [0.2, 0.25) is 10.0 Å². The summed E-state index contributed by atoms with van der Waals surface area (Å²) in [5.41, 5.74) is 1.91. The molecule has 0 radical (unpaired) electrons. The lowest BCUT2D eigenvalue weighted by atomic mass is 10.2. The van der Waals surface area contributed by atoms with Crippen LogP contribution in [-0.2, 0) is 10.0 Å². The van der Waals surface area contributed by atoms with Crippen molar-refractivity contribution in [3.8, 4) is 0 Å². The smallest absolute Gasteiger partial charge is 0.240 e. The molecule has 0 fully saturated rings. The minimum Gasteiger partial charge on any atom is -0.313 e. The molecule has 2 N–H and O–H groups in total. The third-order valence-electron chi connectivity index (χ3n) is 2.48. The Morgan fingerprint density at radius 1 is 1.06 bits per heavy atom. The Labute approximate surface area is 110 Å². The van der Waals surface area contributed by atoms with Crippen LogP contribution >= 0.6 is 0 Å². The van der Waals surface area contributed by atoms with Crippen molar-refractivity contribution in [1.29, 1.82) is 0 Å². The van der Waals surface area contributed by atoms with Gasteiger partial charge in [0.1, 0.15) is 0 Å². The zero-order valence-electron chi connectivity index (χ0n) is 11.4. The van der Waals surface area contributed by atoms with Gasteiger partial charge >= 0.3 is 0 Å². The molecule has 0 aliphatic rings. The summed E-state index contributed by atoms with van der Waals surface area (Å²) in [4.78, 5) is 0.338. The number of sulfonamides is 1. The molecule has 0 aliphatic heterocycles. The third kappa shape index (κ3) is 4.76. The first-order valence-electron chi connectivity index (χ1n) is 6.12. The molecular weight excluding hydrogens is 248 g/mol. The van der Waals surface area contributed by atoms with E-state index in [2.05, 4.69) is 10.0 Å². The van der Waals surface area contributed by atoms with Crippen molar-refractivity contribution in [2.24, 2.45) is 0 Å². The monoisotopic (exact) mass is 270 g/mol. The number of aryl methyl sites for hydroxylation is 2. The molecule has 0 saturated carbocycles. The lowest BCUT2D eigenvalue weighted by Crippen LogP contribution is -2.34. The molecule has 0 spiro atoms. The molecule has 1 rings (SSSR count). The van der Waals surface area contributed by atoms with Crippen molar-refractivity contribution < 1.29 is 8.42 Å². The maximum absolute atomic E-state index is 12.0. The first-order chi connectivity index (χ1) is 8.31. The highest BCUT2D eigenvalue weighted by atomic mass is 32.2. The normalized spacial score (nSPS) is 12.1. The summed E-state index contributed by atoms with van der Waals surface area (Å²) in [5, 5.41) is 3.17. The molecule has 0 bridgehead atoms. The van der Waals surface area contributed by atoms with E-state index in [1.165, 1.54) is 0 Å². The quantitative estimate of drug-likeness (QED) is 0.772. The second-order valence-electron chi connectivity index (χ2n) is 4.83. The van der Waals surface area contributed by atoms with E-state index in [0.717, 1.165) is 11.1 Å². The molecule has 0 unspecified atom stereocenters. The fourth-order valence-electron chi connectivity index (χ4n) is 1.72. The van der Waals surface area contributed by atoms with Crippen molar-refractivity contribution in [2.45, 2.75) is 38.6 Å². The molecule has 0 aromatic heterocycles. The van der Waals surface area contributed by atoms with Gasteiger partial charge in [-0.15, -0.1) is 0 Å². The van der Waals surface area contributed by atoms with Crippen molar-refractivity contribution in [3.63, 3.8) is 0 Å². The number of hydrogen-bond acceptors (Lipinski definition) is 3. The Bertz CT molecular complexity index is 475. The molecule has 1 aromatic rings. The lowest BCUT2D eigenvalue weighted by Gasteiger charge is -2.10. The predicted octanol–water partition coefficient (Wildman–Crippen LogP) is 1.58. The van der Waals surface area contributed by atoms with Crippen LogP contribution in [0.5, 0.6) is 0 Å². The van der Waals surface area contributed by atoms with E-state index in [0.29, 0.717) is 24.0 Å². The van der Waals surface area contributed by atoms with Gasteiger partial charge in [0.15, 0.2) is 0 Å². The van der Waals surface area contributed by atoms with Crippen LogP contribution in [0, 0.1) is 13.8 Å². The zero-order chi connectivity index (χ0) is 13.8. The van der Waals surface area contributed by atoms with Crippen LogP contribution in [0.15, 0.2) is 23.1 Å². The standard InChI is InChI=1S/C13H22N2O2S/c1-10(2)14-5-6-15-18(16,17)13-8-11(3)7-12(4)9-13/h7-10,14-15H,5-6H2,1-4H3. The largest absolute Gasteiger partial charge is 0.313 e. The highest BCUT2D eigenvalue weighted by Gasteiger charge is 2.13. The second kappa shape index (κ2) is 6.31. The minimum atomic E-state index is -3.39. The van der Waals surface area contributed by atoms with Gasteiger partial charge in [0.25, 0.3) is 0 Å². The summed E-state index contributed by atoms with van der Waals surface area (Å²) in [6, 6.07) is 5.69. The lowest BCUT2D eigenvalue weighted by molar-refractivity contribution is 0.559. The van der Waals surface area contributed by atoms with Gasteiger partial charge in [-0.2, -0.15) is 0 Å². The van der Waals surface area contributed by atoms with Crippen LogP contribution in [0.25, 0.3) is 0 Å². The van der Waals surface area contributed by atoms with Crippen LogP contribution in [0.3, 0.4) is 0 Å². The zero-order valence-corrected chi connectivity index (χ0v) is 12.3. The van der Waals surface area contributed by atoms with Gasteiger partial charge in [0, 0.05) is 19.1 Å². The molecule has 5 heteroatoms. The Morgan fingerprint density at radius 2 is 1.61 bits per heavy atom. The summed E-state index contributed by atoms with van der Waals surface area (Å²) in [6.07, 6.45) is 0. The van der Waals surface area contributed by atoms with Crippen molar-refractivity contribution in [1.82, 2.24) is 10.0 Å². The Balaban J connectivity index is 2.68. The summed E-state index contributed by atoms with van der Waals surface area (Å²) < 4.78 is 26.7. The molecule has 1 aromatic carbocycles. The molecule has 0 atom stereocenters. The number of benzene rings is 1. The van der Waals surface area contributed by atoms with E-state index in [-0.39, 0.29) is 0 Å². The predicted molar refractivity (Wildman–Crippen MR) is 74.2 cm³/mol. The highest BCUT2D eigenvalue weighted by molar-refractivity contribution is 7.89. The number of nitrogens with one attached hydrogen (secondary N) is 2. The molecule has 4 nitrogen and oxygen atoms in total. The second-order valence-corrected chi connectivity index (χ2v) is 6.60. The van der Waals surface area contributed by atoms with Crippen molar-refractivity contribution >= 4 is 10.0 Å². The fourth-order valence-corrected chi connectivity index (χ4v) is 2.94. The summed E-state index contributed by atoms with van der Waals surface area (Å²) >= 11 is 0. The Hall–Kier alpha value is -0.910. The van der Waals surface area contributed by atoms with Gasteiger partial charge in [-0.3, -0.25) is 0 Å². The average Bonchev–Trinajstić information content (AvgIpc) is 2.23. The van der Waals surface area contributed by atoms with Crippen LogP contribution in [0.2, 0.25) is 0 Å². The van der Waals surface area contributed by atoms with Gasteiger partial charge in [-0.1, -0.05) is 19.9 Å². The molecule has 0 saturated heterocycles. The topological polar surface area (TPSA) is 58.2 Å². The SMILES string of the molecule is Cc1cc(C)cc(S(=O)(=O)NCCNC(C)C)c1. The van der Waals surface area contributed by atoms with Crippen molar-refractivity contribution in [3.05, 3.63) is 29.3 Å². The van der Waals surface area contributed by atoms with Crippen LogP contribution in [-0.4, -0.2) is 27.5 Å². The van der Waals surface area contributed by atoms with Crippen LogP contribution in [0.1, 0.15) is 25.0 Å². The van der Waals surface area contributed by atoms with E-state index in [1.54, 1.807) is 12.1 Å². The van der Waals surface area contributed by atoms with E-state index in [1.807, 2.05) is 33.8 Å². The third-order valence-corrected chi connectivity index (χ3v) is 3.92. The number of hydrogen-bond donors (Lipinski definition) is 2. The first-order valence-corrected chi connectivity index (χ1v) is 7.61. The van der Waals surface area contributed by atoms with E-state index < -0.39 is 10.0 Å².